The number of carbonyl (C=O) groups excluding carboxylic acids is 1. The van der Waals surface area contributed by atoms with Gasteiger partial charge in [0.1, 0.15) is 35.8 Å². The lowest BCUT2D eigenvalue weighted by Crippen LogP contribution is -2.41. The van der Waals surface area contributed by atoms with Gasteiger partial charge in [-0.2, -0.15) is 0 Å². The van der Waals surface area contributed by atoms with Crippen molar-refractivity contribution in [3.63, 3.8) is 0 Å². The zero-order valence-electron chi connectivity index (χ0n) is 19.6. The molecule has 3 heterocycles. The Bertz CT molecular complexity index is 1250. The molecule has 0 radical (unpaired) electrons. The van der Waals surface area contributed by atoms with E-state index in [1.54, 1.807) is 30.3 Å². The number of para-hydroxylation sites is 1. The number of nitrogens with two attached hydrogens (primary N) is 1. The maximum atomic E-state index is 15.6. The summed E-state index contributed by atoms with van der Waals surface area (Å²) < 4.78 is 45.9. The molecule has 1 fully saturated rings. The minimum Gasteiger partial charge on any atom is -0.468 e. The van der Waals surface area contributed by atoms with E-state index in [4.69, 9.17) is 24.6 Å². The lowest BCUT2D eigenvalue weighted by Gasteiger charge is -2.26. The predicted octanol–water partition coefficient (Wildman–Crippen LogP) is 1.66. The van der Waals surface area contributed by atoms with E-state index in [0.29, 0.717) is 5.75 Å². The number of aliphatic hydroxyl groups is 1. The van der Waals surface area contributed by atoms with Gasteiger partial charge in [0.05, 0.1) is 20.0 Å². The van der Waals surface area contributed by atoms with Gasteiger partial charge in [-0.25, -0.2) is 19.3 Å². The highest BCUT2D eigenvalue weighted by atomic mass is 31.1. The molecule has 0 bridgehead atoms. The third-order valence-corrected chi connectivity index (χ3v) is 7.00. The van der Waals surface area contributed by atoms with Crippen LogP contribution in [0.4, 0.5) is 10.2 Å². The molecular weight excluding hydrogens is 498 g/mol. The van der Waals surface area contributed by atoms with Crippen molar-refractivity contribution in [2.75, 3.05) is 19.5 Å². The molecule has 0 saturated carbocycles. The van der Waals surface area contributed by atoms with Crippen LogP contribution in [0.15, 0.2) is 43.0 Å². The Morgan fingerprint density at radius 1 is 1.36 bits per heavy atom. The molecule has 0 amide bonds. The fraction of sp³-hybridized carbons (Fsp3) is 0.429. The van der Waals surface area contributed by atoms with Crippen LogP contribution in [0.2, 0.25) is 0 Å². The number of rotatable bonds is 9. The third-order valence-electron chi connectivity index (χ3n) is 5.75. The fourth-order valence-corrected chi connectivity index (χ4v) is 4.78. The highest BCUT2D eigenvalue weighted by Crippen LogP contribution is 2.44. The number of ether oxygens (including phenoxy) is 2. The highest BCUT2D eigenvalue weighted by molar-refractivity contribution is 7.36. The van der Waals surface area contributed by atoms with Gasteiger partial charge in [0.15, 0.2) is 23.4 Å². The summed E-state index contributed by atoms with van der Waals surface area (Å²) in [5, 5.41) is 10.7. The van der Waals surface area contributed by atoms with Gasteiger partial charge in [-0.15, -0.1) is 0 Å². The summed E-state index contributed by atoms with van der Waals surface area (Å²) in [4.78, 5) is 30.6. The number of benzene rings is 1. The molecule has 1 saturated heterocycles. The summed E-state index contributed by atoms with van der Waals surface area (Å²) in [5.74, 6) is -0.304. The first kappa shape index (κ1) is 25.9. The second-order valence-corrected chi connectivity index (χ2v) is 9.47. The second kappa shape index (κ2) is 10.4. The number of aromatic nitrogens is 4. The van der Waals surface area contributed by atoms with E-state index in [2.05, 4.69) is 15.0 Å². The number of anilines is 1. The summed E-state index contributed by atoms with van der Waals surface area (Å²) in [6.45, 7) is 2.11. The van der Waals surface area contributed by atoms with Crippen LogP contribution in [-0.4, -0.2) is 73.1 Å². The average Bonchev–Trinajstić information content (AvgIpc) is 3.40. The first-order valence-electron chi connectivity index (χ1n) is 10.9. The summed E-state index contributed by atoms with van der Waals surface area (Å²) in [7, 11) is -2.06. The Balaban J connectivity index is 1.50. The molecule has 13 nitrogen and oxygen atoms in total. The number of aliphatic hydroxyl groups excluding tert-OH is 1. The van der Waals surface area contributed by atoms with Gasteiger partial charge < -0.3 is 29.7 Å². The van der Waals surface area contributed by atoms with E-state index >= 15 is 4.39 Å². The lowest BCUT2D eigenvalue weighted by atomic mass is 9.98. The SMILES string of the molecule is COC(=O)C(C)N(Oc1ccccc1)[PH](=O)OC[C@H]1O[C@@H](n2cnc3c(N)ncnc32)[C@](C)(F)[C@@H]1O. The molecule has 3 N–H and O–H groups in total. The molecular formula is C21H26FN6O7P. The number of hydrogen-bond acceptors (Lipinski definition) is 11. The largest absolute Gasteiger partial charge is 0.468 e. The number of alkyl halides is 1. The predicted molar refractivity (Wildman–Crippen MR) is 125 cm³/mol. The third kappa shape index (κ3) is 4.90. The minimum atomic E-state index is -3.25. The summed E-state index contributed by atoms with van der Waals surface area (Å²) >= 11 is 0. The molecule has 1 aliphatic rings. The number of imidazole rings is 1. The van der Waals surface area contributed by atoms with Gasteiger partial charge in [0.2, 0.25) is 0 Å². The molecule has 0 spiro atoms. The molecule has 6 atom stereocenters. The van der Waals surface area contributed by atoms with Crippen LogP contribution < -0.4 is 10.6 Å². The van der Waals surface area contributed by atoms with Crippen molar-refractivity contribution in [1.82, 2.24) is 24.4 Å². The Kier molecular flexibility index (Phi) is 7.52. The molecule has 15 heteroatoms. The number of nitrogens with zero attached hydrogens (tertiary/aromatic N) is 5. The van der Waals surface area contributed by atoms with E-state index in [1.807, 2.05) is 0 Å². The molecule has 2 aromatic heterocycles. The molecule has 0 aliphatic carbocycles. The molecule has 36 heavy (non-hydrogen) atoms. The average molecular weight is 524 g/mol. The number of hydrogen-bond donors (Lipinski definition) is 2. The van der Waals surface area contributed by atoms with Crippen LogP contribution in [-0.2, 0) is 23.4 Å². The standard InChI is InChI=1S/C21H26FN6O7P/c1-12(19(30)32-3)28(35-13-7-5-4-6-8-13)36(31)33-9-14-16(29)21(2,22)20(34-14)27-11-26-15-17(23)24-10-25-18(15)27/h4-8,10-12,14,16,20,29,36H,9H2,1-3H3,(H2,23,24,25)/t12?,14-,16-,20-,21-/m1/s1. The smallest absolute Gasteiger partial charge is 0.326 e. The van der Waals surface area contributed by atoms with Crippen molar-refractivity contribution in [3.8, 4) is 5.75 Å². The normalized spacial score (nSPS) is 25.7. The Morgan fingerprint density at radius 3 is 2.78 bits per heavy atom. The van der Waals surface area contributed by atoms with Crippen molar-refractivity contribution >= 4 is 31.1 Å². The van der Waals surface area contributed by atoms with E-state index in [1.165, 1.54) is 31.3 Å². The number of halogens is 1. The number of carbonyl (C=O) groups is 1. The van der Waals surface area contributed by atoms with Crippen molar-refractivity contribution in [2.45, 2.75) is 44.0 Å². The zero-order chi connectivity index (χ0) is 26.0. The van der Waals surface area contributed by atoms with Crippen LogP contribution in [0.3, 0.4) is 0 Å². The van der Waals surface area contributed by atoms with Crippen LogP contribution in [0, 0.1) is 0 Å². The first-order valence-corrected chi connectivity index (χ1v) is 12.1. The summed E-state index contributed by atoms with van der Waals surface area (Å²) in [5.41, 5.74) is 3.97. The number of nitrogen functional groups attached to an aromatic ring is 1. The second-order valence-electron chi connectivity index (χ2n) is 8.21. The van der Waals surface area contributed by atoms with Crippen molar-refractivity contribution in [3.05, 3.63) is 43.0 Å². The van der Waals surface area contributed by atoms with Gasteiger partial charge in [-0.3, -0.25) is 13.9 Å². The first-order chi connectivity index (χ1) is 17.1. The lowest BCUT2D eigenvalue weighted by molar-refractivity contribution is -0.152. The summed E-state index contributed by atoms with van der Waals surface area (Å²) in [6.07, 6.45) is -1.73. The minimum absolute atomic E-state index is 0.106. The number of fused-ring (bicyclic) bond motifs is 1. The molecule has 4 rings (SSSR count). The Hall–Kier alpha value is -3.16. The van der Waals surface area contributed by atoms with Gasteiger partial charge >= 0.3 is 5.97 Å². The van der Waals surface area contributed by atoms with Crippen molar-refractivity contribution in [1.29, 1.82) is 0 Å². The van der Waals surface area contributed by atoms with Crippen LogP contribution in [0.1, 0.15) is 20.1 Å². The Morgan fingerprint density at radius 2 is 2.08 bits per heavy atom. The van der Waals surface area contributed by atoms with Gasteiger partial charge in [0, 0.05) is 0 Å². The van der Waals surface area contributed by atoms with Crippen molar-refractivity contribution < 1.29 is 37.7 Å². The number of methoxy groups -OCH3 is 1. The van der Waals surface area contributed by atoms with E-state index in [-0.39, 0.29) is 17.0 Å². The molecule has 3 aromatic rings. The molecule has 194 valence electrons. The highest BCUT2D eigenvalue weighted by Gasteiger charge is 2.55. The maximum Gasteiger partial charge on any atom is 0.326 e. The van der Waals surface area contributed by atoms with Crippen LogP contribution >= 0.6 is 8.18 Å². The van der Waals surface area contributed by atoms with Crippen LogP contribution in [0.5, 0.6) is 5.75 Å². The van der Waals surface area contributed by atoms with E-state index in [0.717, 1.165) is 11.8 Å². The van der Waals surface area contributed by atoms with E-state index in [9.17, 15) is 14.5 Å². The van der Waals surface area contributed by atoms with Crippen molar-refractivity contribution in [2.24, 2.45) is 0 Å². The summed E-state index contributed by atoms with van der Waals surface area (Å²) in [6, 6.07) is 7.24. The monoisotopic (exact) mass is 524 g/mol. The van der Waals surface area contributed by atoms with Gasteiger partial charge in [-0.1, -0.05) is 23.0 Å². The number of esters is 1. The zero-order valence-corrected chi connectivity index (χ0v) is 20.6. The quantitative estimate of drug-likeness (QED) is 0.237. The molecule has 1 aromatic carbocycles. The van der Waals surface area contributed by atoms with Gasteiger partial charge in [0.25, 0.3) is 8.18 Å². The number of hydroxylamine groups is 1. The Labute approximate surface area is 205 Å². The fourth-order valence-electron chi connectivity index (χ4n) is 3.74. The topological polar surface area (TPSA) is 164 Å². The molecule has 2 unspecified atom stereocenters. The van der Waals surface area contributed by atoms with Crippen LogP contribution in [0.25, 0.3) is 11.2 Å². The molecule has 1 aliphatic heterocycles. The van der Waals surface area contributed by atoms with Gasteiger partial charge in [-0.05, 0) is 26.0 Å². The van der Waals surface area contributed by atoms with E-state index < -0.39 is 50.9 Å². The maximum absolute atomic E-state index is 15.6.